The fourth-order valence-electron chi connectivity index (χ4n) is 1.26. The highest BCUT2D eigenvalue weighted by Crippen LogP contribution is 2.19. The smallest absolute Gasteiger partial charge is 0.337 e. The highest BCUT2D eigenvalue weighted by molar-refractivity contribution is 9.10. The number of hydrogen-bond acceptors (Lipinski definition) is 3. The second-order valence-corrected chi connectivity index (χ2v) is 4.83. The van der Waals surface area contributed by atoms with Crippen molar-refractivity contribution in [3.63, 3.8) is 0 Å². The van der Waals surface area contributed by atoms with Crippen molar-refractivity contribution in [3.8, 4) is 0 Å². The molecule has 2 atom stereocenters. The molecule has 0 spiro atoms. The molecular weight excluding hydrogens is 295 g/mol. The van der Waals surface area contributed by atoms with Crippen LogP contribution in [-0.4, -0.2) is 26.8 Å². The number of benzene rings is 1. The summed E-state index contributed by atoms with van der Waals surface area (Å²) in [5, 5.41) is 17.7. The molecule has 17 heavy (non-hydrogen) atoms. The van der Waals surface area contributed by atoms with Crippen LogP contribution in [0.25, 0.3) is 0 Å². The van der Waals surface area contributed by atoms with Crippen molar-refractivity contribution >= 4 is 27.7 Å². The van der Waals surface area contributed by atoms with Gasteiger partial charge in [0.2, 0.25) is 0 Å². The van der Waals surface area contributed by atoms with E-state index in [1.165, 1.54) is 6.07 Å². The maximum absolute atomic E-state index is 13.5. The normalized spacial score (nSPS) is 14.1. The molecule has 1 rings (SSSR count). The van der Waals surface area contributed by atoms with Gasteiger partial charge in [0.15, 0.2) is 11.9 Å². The summed E-state index contributed by atoms with van der Waals surface area (Å²) in [5.41, 5.74) is -0.246. The molecule has 0 bridgehead atoms. The van der Waals surface area contributed by atoms with Crippen molar-refractivity contribution in [2.45, 2.75) is 17.9 Å². The first-order valence-corrected chi connectivity index (χ1v) is 5.64. The number of ketones is 1. The van der Waals surface area contributed by atoms with Crippen LogP contribution in [0.5, 0.6) is 0 Å². The predicted molar refractivity (Wildman–Crippen MR) is 61.7 cm³/mol. The van der Waals surface area contributed by atoms with Gasteiger partial charge >= 0.3 is 5.97 Å². The van der Waals surface area contributed by atoms with Crippen LogP contribution in [0.1, 0.15) is 28.9 Å². The average molecular weight is 305 g/mol. The maximum Gasteiger partial charge on any atom is 0.337 e. The van der Waals surface area contributed by atoms with Crippen LogP contribution in [0, 0.1) is 5.82 Å². The Hall–Kier alpha value is -1.27. The average Bonchev–Trinajstić information content (AvgIpc) is 2.26. The minimum Gasteiger partial charge on any atom is -0.479 e. The van der Waals surface area contributed by atoms with E-state index in [9.17, 15) is 19.1 Å². The lowest BCUT2D eigenvalue weighted by Gasteiger charge is -2.09. The van der Waals surface area contributed by atoms with Crippen molar-refractivity contribution in [1.29, 1.82) is 0 Å². The third-order valence-corrected chi connectivity index (χ3v) is 2.59. The molecule has 0 saturated carbocycles. The van der Waals surface area contributed by atoms with E-state index >= 15 is 0 Å². The van der Waals surface area contributed by atoms with E-state index in [1.807, 2.05) is 0 Å². The highest BCUT2D eigenvalue weighted by Gasteiger charge is 2.21. The van der Waals surface area contributed by atoms with Crippen molar-refractivity contribution in [2.75, 3.05) is 0 Å². The number of carbonyl (C=O) groups excluding carboxylic acids is 1. The number of aliphatic hydroxyl groups excluding tert-OH is 1. The van der Waals surface area contributed by atoms with E-state index < -0.39 is 28.5 Å². The maximum atomic E-state index is 13.5. The van der Waals surface area contributed by atoms with E-state index in [4.69, 9.17) is 5.11 Å². The third kappa shape index (κ3) is 3.10. The van der Waals surface area contributed by atoms with Crippen LogP contribution < -0.4 is 0 Å². The second kappa shape index (κ2) is 5.37. The van der Waals surface area contributed by atoms with Crippen molar-refractivity contribution < 1.29 is 24.2 Å². The standard InChI is InChI=1S/C11H10BrFO4/c1-5(12)9(14)7-3-2-6(4-8(7)13)10(15)11(16)17/h2-5,10,15H,1H3,(H,16,17). The zero-order valence-electron chi connectivity index (χ0n) is 8.85. The highest BCUT2D eigenvalue weighted by atomic mass is 79.9. The molecule has 0 aliphatic carbocycles. The largest absolute Gasteiger partial charge is 0.479 e. The van der Waals surface area contributed by atoms with Crippen molar-refractivity contribution in [1.82, 2.24) is 0 Å². The molecule has 2 N–H and O–H groups in total. The molecule has 1 aromatic rings. The van der Waals surface area contributed by atoms with E-state index in [2.05, 4.69) is 15.9 Å². The van der Waals surface area contributed by atoms with Crippen LogP contribution in [-0.2, 0) is 4.79 Å². The molecule has 0 amide bonds. The van der Waals surface area contributed by atoms with E-state index in [0.29, 0.717) is 0 Å². The van der Waals surface area contributed by atoms with Gasteiger partial charge in [-0.05, 0) is 24.6 Å². The van der Waals surface area contributed by atoms with Crippen LogP contribution >= 0.6 is 15.9 Å². The minimum atomic E-state index is -1.80. The molecule has 0 aliphatic rings. The Kier molecular flexibility index (Phi) is 4.36. The molecule has 92 valence electrons. The van der Waals surface area contributed by atoms with Gasteiger partial charge in [-0.3, -0.25) is 4.79 Å². The van der Waals surface area contributed by atoms with Crippen LogP contribution in [0.4, 0.5) is 4.39 Å². The number of aliphatic hydroxyl groups is 1. The van der Waals surface area contributed by atoms with E-state index in [-0.39, 0.29) is 11.1 Å². The molecule has 1 aromatic carbocycles. The molecule has 0 saturated heterocycles. The van der Waals surface area contributed by atoms with E-state index in [0.717, 1.165) is 12.1 Å². The molecule has 0 aromatic heterocycles. The van der Waals surface area contributed by atoms with Gasteiger partial charge in [0.05, 0.1) is 10.4 Å². The van der Waals surface area contributed by atoms with Gasteiger partial charge in [-0.2, -0.15) is 0 Å². The lowest BCUT2D eigenvalue weighted by atomic mass is 10.0. The zero-order chi connectivity index (χ0) is 13.2. The van der Waals surface area contributed by atoms with Gasteiger partial charge in [0.1, 0.15) is 5.82 Å². The van der Waals surface area contributed by atoms with Crippen LogP contribution in [0.2, 0.25) is 0 Å². The number of aliphatic carboxylic acids is 1. The van der Waals surface area contributed by atoms with Crippen molar-refractivity contribution in [2.24, 2.45) is 0 Å². The molecule has 6 heteroatoms. The number of alkyl halides is 1. The van der Waals surface area contributed by atoms with Gasteiger partial charge in [0, 0.05) is 0 Å². The number of carboxylic acid groups (broad SMARTS) is 1. The van der Waals surface area contributed by atoms with Gasteiger partial charge in [-0.1, -0.05) is 22.0 Å². The lowest BCUT2D eigenvalue weighted by Crippen LogP contribution is -2.14. The molecule has 2 unspecified atom stereocenters. The Balaban J connectivity index is 3.10. The summed E-state index contributed by atoms with van der Waals surface area (Å²) in [6.45, 7) is 1.56. The van der Waals surface area contributed by atoms with Crippen LogP contribution in [0.3, 0.4) is 0 Å². The molecule has 0 fully saturated rings. The summed E-state index contributed by atoms with van der Waals surface area (Å²) >= 11 is 3.02. The fraction of sp³-hybridized carbons (Fsp3) is 0.273. The predicted octanol–water partition coefficient (Wildman–Crippen LogP) is 1.91. The molecule has 0 heterocycles. The Bertz CT molecular complexity index is 459. The quantitative estimate of drug-likeness (QED) is 0.658. The summed E-state index contributed by atoms with van der Waals surface area (Å²) < 4.78 is 13.5. The van der Waals surface area contributed by atoms with Gasteiger partial charge in [0.25, 0.3) is 0 Å². The third-order valence-electron chi connectivity index (χ3n) is 2.17. The number of halogens is 2. The molecular formula is C11H10BrFO4. The number of Topliss-reactive ketones (excluding diaryl/α,β-unsaturated/α-hetero) is 1. The van der Waals surface area contributed by atoms with E-state index in [1.54, 1.807) is 6.92 Å². The first-order chi connectivity index (χ1) is 7.84. The summed E-state index contributed by atoms with van der Waals surface area (Å²) in [7, 11) is 0. The fourth-order valence-corrected chi connectivity index (χ4v) is 1.50. The van der Waals surface area contributed by atoms with Crippen LogP contribution in [0.15, 0.2) is 18.2 Å². The zero-order valence-corrected chi connectivity index (χ0v) is 10.4. The first kappa shape index (κ1) is 13.8. The Labute approximate surface area is 105 Å². The monoisotopic (exact) mass is 304 g/mol. The SMILES string of the molecule is CC(Br)C(=O)c1ccc(C(O)C(=O)O)cc1F. The minimum absolute atomic E-state index is 0.103. The van der Waals surface area contributed by atoms with Gasteiger partial charge in [-0.15, -0.1) is 0 Å². The number of hydrogen-bond donors (Lipinski definition) is 2. The summed E-state index contributed by atoms with van der Waals surface area (Å²) in [4.78, 5) is 21.5. The number of carboxylic acids is 1. The lowest BCUT2D eigenvalue weighted by molar-refractivity contribution is -0.146. The van der Waals surface area contributed by atoms with Gasteiger partial charge < -0.3 is 10.2 Å². The first-order valence-electron chi connectivity index (χ1n) is 4.73. The summed E-state index contributed by atoms with van der Waals surface area (Å²) in [6.07, 6.45) is -1.80. The van der Waals surface area contributed by atoms with Crippen molar-refractivity contribution in [3.05, 3.63) is 35.1 Å². The molecule has 0 radical (unpaired) electrons. The number of carbonyl (C=O) groups is 2. The Morgan fingerprint density at radius 3 is 2.41 bits per heavy atom. The van der Waals surface area contributed by atoms with Gasteiger partial charge in [-0.25, -0.2) is 9.18 Å². The summed E-state index contributed by atoms with van der Waals surface area (Å²) in [6, 6.07) is 3.22. The topological polar surface area (TPSA) is 74.6 Å². The molecule has 4 nitrogen and oxygen atoms in total. The Morgan fingerprint density at radius 1 is 1.41 bits per heavy atom. The number of rotatable bonds is 4. The summed E-state index contributed by atoms with van der Waals surface area (Å²) in [5.74, 6) is -2.77. The Morgan fingerprint density at radius 2 is 2.00 bits per heavy atom. The second-order valence-electron chi connectivity index (χ2n) is 3.46. The molecule has 0 aliphatic heterocycles.